The number of hydrogen-bond acceptors (Lipinski definition) is 6. The molecule has 1 aliphatic heterocycles. The number of rotatable bonds is 4. The minimum Gasteiger partial charge on any atom is -0.476 e. The van der Waals surface area contributed by atoms with Crippen LogP contribution in [0.3, 0.4) is 0 Å². The average Bonchev–Trinajstić information content (AvgIpc) is 2.98. The quantitative estimate of drug-likeness (QED) is 0.731. The molecule has 0 bridgehead atoms. The molecule has 1 saturated heterocycles. The normalized spacial score (nSPS) is 15.8. The first-order chi connectivity index (χ1) is 11.8. The summed E-state index contributed by atoms with van der Waals surface area (Å²) < 4.78 is 7.81. The highest BCUT2D eigenvalue weighted by Gasteiger charge is 2.23. The summed E-state index contributed by atoms with van der Waals surface area (Å²) in [6.07, 6.45) is 8.92. The van der Waals surface area contributed by atoms with Crippen molar-refractivity contribution in [2.45, 2.75) is 12.8 Å². The van der Waals surface area contributed by atoms with Crippen LogP contribution < -0.4 is 9.64 Å². The zero-order valence-corrected chi connectivity index (χ0v) is 13.7. The Kier molecular flexibility index (Phi) is 3.98. The predicted molar refractivity (Wildman–Crippen MR) is 91.0 cm³/mol. The standard InChI is InChI=1S/C17H20N6O/c1-22-16-14(3-2-6-20-16)21-17(22)23-9-4-13(5-10-23)12-24-15-11-18-7-8-19-15/h2-3,6-8,11,13H,4-5,9-10,12H2,1H3. The Morgan fingerprint density at radius 1 is 1.17 bits per heavy atom. The summed E-state index contributed by atoms with van der Waals surface area (Å²) in [5.74, 6) is 2.13. The molecule has 124 valence electrons. The van der Waals surface area contributed by atoms with E-state index in [2.05, 4.69) is 24.4 Å². The molecule has 0 amide bonds. The Balaban J connectivity index is 1.38. The monoisotopic (exact) mass is 324 g/mol. The first-order valence-electron chi connectivity index (χ1n) is 8.22. The third-order valence-corrected chi connectivity index (χ3v) is 4.51. The van der Waals surface area contributed by atoms with Crippen molar-refractivity contribution < 1.29 is 4.74 Å². The zero-order valence-electron chi connectivity index (χ0n) is 13.7. The summed E-state index contributed by atoms with van der Waals surface area (Å²) >= 11 is 0. The fourth-order valence-corrected chi connectivity index (χ4v) is 3.16. The van der Waals surface area contributed by atoms with E-state index in [0.717, 1.165) is 43.0 Å². The van der Waals surface area contributed by atoms with Gasteiger partial charge in [0.05, 0.1) is 12.8 Å². The molecule has 0 N–H and O–H groups in total. The van der Waals surface area contributed by atoms with Gasteiger partial charge < -0.3 is 9.64 Å². The number of anilines is 1. The van der Waals surface area contributed by atoms with E-state index in [-0.39, 0.29) is 0 Å². The molecular weight excluding hydrogens is 304 g/mol. The van der Waals surface area contributed by atoms with Crippen LogP contribution >= 0.6 is 0 Å². The van der Waals surface area contributed by atoms with Gasteiger partial charge in [-0.1, -0.05) is 0 Å². The zero-order chi connectivity index (χ0) is 16.4. The number of hydrogen-bond donors (Lipinski definition) is 0. The van der Waals surface area contributed by atoms with Gasteiger partial charge in [0, 0.05) is 38.7 Å². The first kappa shape index (κ1) is 14.9. The Morgan fingerprint density at radius 3 is 2.79 bits per heavy atom. The van der Waals surface area contributed by atoms with Gasteiger partial charge in [0.25, 0.3) is 0 Å². The van der Waals surface area contributed by atoms with Gasteiger partial charge in [0.1, 0.15) is 5.52 Å². The lowest BCUT2D eigenvalue weighted by Crippen LogP contribution is -2.37. The minimum atomic E-state index is 0.538. The Morgan fingerprint density at radius 2 is 2.04 bits per heavy atom. The summed E-state index contributed by atoms with van der Waals surface area (Å²) in [6.45, 7) is 2.65. The van der Waals surface area contributed by atoms with E-state index in [1.165, 1.54) is 0 Å². The van der Waals surface area contributed by atoms with Crippen molar-refractivity contribution in [2.75, 3.05) is 24.6 Å². The van der Waals surface area contributed by atoms with Crippen LogP contribution in [0.4, 0.5) is 5.95 Å². The fourth-order valence-electron chi connectivity index (χ4n) is 3.16. The summed E-state index contributed by atoms with van der Waals surface area (Å²) in [4.78, 5) is 19.6. The third-order valence-electron chi connectivity index (χ3n) is 4.51. The van der Waals surface area contributed by atoms with E-state index in [1.54, 1.807) is 18.6 Å². The van der Waals surface area contributed by atoms with Crippen molar-refractivity contribution in [3.05, 3.63) is 36.9 Å². The van der Waals surface area contributed by atoms with Crippen LogP contribution in [0.2, 0.25) is 0 Å². The van der Waals surface area contributed by atoms with Gasteiger partial charge in [0.15, 0.2) is 5.65 Å². The van der Waals surface area contributed by atoms with Crippen molar-refractivity contribution in [1.82, 2.24) is 24.5 Å². The summed E-state index contributed by atoms with van der Waals surface area (Å²) in [5, 5.41) is 0. The second-order valence-corrected chi connectivity index (χ2v) is 6.10. The third kappa shape index (κ3) is 2.89. The van der Waals surface area contributed by atoms with E-state index in [4.69, 9.17) is 9.72 Å². The molecule has 1 fully saturated rings. The number of aromatic nitrogens is 5. The van der Waals surface area contributed by atoms with Crippen molar-refractivity contribution in [3.8, 4) is 5.88 Å². The van der Waals surface area contributed by atoms with Crippen molar-refractivity contribution in [2.24, 2.45) is 13.0 Å². The van der Waals surface area contributed by atoms with Gasteiger partial charge in [-0.3, -0.25) is 9.55 Å². The molecule has 7 heteroatoms. The van der Waals surface area contributed by atoms with E-state index >= 15 is 0 Å². The van der Waals surface area contributed by atoms with Crippen molar-refractivity contribution in [1.29, 1.82) is 0 Å². The second-order valence-electron chi connectivity index (χ2n) is 6.10. The summed E-state index contributed by atoms with van der Waals surface area (Å²) in [7, 11) is 2.03. The van der Waals surface area contributed by atoms with E-state index in [1.807, 2.05) is 25.4 Å². The smallest absolute Gasteiger partial charge is 0.232 e. The van der Waals surface area contributed by atoms with E-state index in [9.17, 15) is 0 Å². The predicted octanol–water partition coefficient (Wildman–Crippen LogP) is 2.05. The number of fused-ring (bicyclic) bond motifs is 1. The molecule has 4 heterocycles. The molecule has 3 aromatic heterocycles. The highest BCUT2D eigenvalue weighted by Crippen LogP contribution is 2.25. The van der Waals surface area contributed by atoms with Crippen molar-refractivity contribution in [3.63, 3.8) is 0 Å². The number of pyridine rings is 1. The molecule has 1 aliphatic rings. The summed E-state index contributed by atoms with van der Waals surface area (Å²) in [6, 6.07) is 3.93. The van der Waals surface area contributed by atoms with Crippen LogP contribution in [0.5, 0.6) is 5.88 Å². The molecule has 0 atom stereocenters. The maximum absolute atomic E-state index is 5.74. The molecule has 0 spiro atoms. The number of piperidine rings is 1. The lowest BCUT2D eigenvalue weighted by molar-refractivity contribution is 0.215. The van der Waals surface area contributed by atoms with E-state index in [0.29, 0.717) is 18.4 Å². The molecule has 24 heavy (non-hydrogen) atoms. The SMILES string of the molecule is Cn1c(N2CCC(COc3cnccn3)CC2)nc2cccnc21. The summed E-state index contributed by atoms with van der Waals surface area (Å²) in [5.41, 5.74) is 1.88. The molecule has 0 aromatic carbocycles. The van der Waals surface area contributed by atoms with Crippen LogP contribution in [0.25, 0.3) is 11.2 Å². The second kappa shape index (κ2) is 6.43. The largest absolute Gasteiger partial charge is 0.476 e. The Hall–Kier alpha value is -2.70. The molecular formula is C17H20N6O. The first-order valence-corrected chi connectivity index (χ1v) is 8.22. The number of ether oxygens (including phenoxy) is 1. The topological polar surface area (TPSA) is 69.0 Å². The number of nitrogens with zero attached hydrogens (tertiary/aromatic N) is 6. The number of aryl methyl sites for hydroxylation is 1. The Labute approximate surface area is 140 Å². The van der Waals surface area contributed by atoms with Gasteiger partial charge in [0.2, 0.25) is 11.8 Å². The number of imidazole rings is 1. The molecule has 4 rings (SSSR count). The van der Waals surface area contributed by atoms with Gasteiger partial charge in [-0.2, -0.15) is 0 Å². The molecule has 0 unspecified atom stereocenters. The highest BCUT2D eigenvalue weighted by atomic mass is 16.5. The minimum absolute atomic E-state index is 0.538. The van der Waals surface area contributed by atoms with E-state index < -0.39 is 0 Å². The lowest BCUT2D eigenvalue weighted by atomic mass is 9.98. The highest BCUT2D eigenvalue weighted by molar-refractivity contribution is 5.74. The molecule has 7 nitrogen and oxygen atoms in total. The molecule has 0 saturated carbocycles. The fraction of sp³-hybridized carbons (Fsp3) is 0.412. The van der Waals surface area contributed by atoms with Gasteiger partial charge in [-0.05, 0) is 30.9 Å². The molecule has 0 aliphatic carbocycles. The van der Waals surface area contributed by atoms with Crippen LogP contribution in [0.15, 0.2) is 36.9 Å². The van der Waals surface area contributed by atoms with Crippen LogP contribution in [0, 0.1) is 5.92 Å². The van der Waals surface area contributed by atoms with Crippen LogP contribution in [-0.4, -0.2) is 44.2 Å². The van der Waals surface area contributed by atoms with Crippen LogP contribution in [0.1, 0.15) is 12.8 Å². The maximum Gasteiger partial charge on any atom is 0.232 e. The average molecular weight is 324 g/mol. The van der Waals surface area contributed by atoms with Crippen molar-refractivity contribution >= 4 is 17.1 Å². The van der Waals surface area contributed by atoms with Crippen LogP contribution in [-0.2, 0) is 7.05 Å². The maximum atomic E-state index is 5.74. The van der Waals surface area contributed by atoms with Gasteiger partial charge in [-0.25, -0.2) is 15.0 Å². The molecule has 0 radical (unpaired) electrons. The van der Waals surface area contributed by atoms with Gasteiger partial charge >= 0.3 is 0 Å². The molecule has 3 aromatic rings. The van der Waals surface area contributed by atoms with Gasteiger partial charge in [-0.15, -0.1) is 0 Å². The Bertz CT molecular complexity index is 810. The lowest BCUT2D eigenvalue weighted by Gasteiger charge is -2.32.